The Morgan fingerprint density at radius 3 is 1.42 bits per heavy atom. The van der Waals surface area contributed by atoms with Crippen LogP contribution < -0.4 is 0 Å². The first-order valence-electron chi connectivity index (χ1n) is 9.93. The molecule has 0 fully saturated rings. The fourth-order valence-corrected chi connectivity index (χ4v) is 2.90. The summed E-state index contributed by atoms with van der Waals surface area (Å²) in [6.45, 7) is 1.11. The van der Waals surface area contributed by atoms with Gasteiger partial charge < -0.3 is 9.47 Å². The third-order valence-electron chi connectivity index (χ3n) is 4.44. The van der Waals surface area contributed by atoms with Crippen LogP contribution in [0.2, 0.25) is 0 Å². The Kier molecular flexibility index (Phi) is 19.1. The summed E-state index contributed by atoms with van der Waals surface area (Å²) in [4.78, 5) is 20.9. The van der Waals surface area contributed by atoms with E-state index in [2.05, 4.69) is 9.47 Å². The molecule has 0 aromatic heterocycles. The van der Waals surface area contributed by atoms with E-state index in [-0.39, 0.29) is 5.97 Å². The highest BCUT2D eigenvalue weighted by Gasteiger charge is 1.99. The molecule has 142 valence electrons. The van der Waals surface area contributed by atoms with Crippen molar-refractivity contribution in [1.82, 2.24) is 0 Å². The van der Waals surface area contributed by atoms with Crippen molar-refractivity contribution in [3.05, 3.63) is 0 Å². The van der Waals surface area contributed by atoms with Gasteiger partial charge in [-0.25, -0.2) is 0 Å². The van der Waals surface area contributed by atoms with Gasteiger partial charge in [-0.3, -0.25) is 9.59 Å². The molecule has 0 spiro atoms. The molecule has 0 saturated heterocycles. The summed E-state index contributed by atoms with van der Waals surface area (Å²) in [7, 11) is 1.45. The molecule has 0 aromatic carbocycles. The predicted octanol–water partition coefficient (Wildman–Crippen LogP) is 5.57. The monoisotopic (exact) mass is 342 g/mol. The zero-order chi connectivity index (χ0) is 17.7. The van der Waals surface area contributed by atoms with Crippen molar-refractivity contribution in [2.24, 2.45) is 0 Å². The fourth-order valence-electron chi connectivity index (χ4n) is 2.90. The van der Waals surface area contributed by atoms with Crippen molar-refractivity contribution in [1.29, 1.82) is 0 Å². The summed E-state index contributed by atoms with van der Waals surface area (Å²) in [5.74, 6) is -0.0816. The molecule has 0 atom stereocenters. The summed E-state index contributed by atoms with van der Waals surface area (Å²) in [6, 6.07) is 0. The number of hydrogen-bond donors (Lipinski definition) is 0. The molecule has 0 aliphatic carbocycles. The van der Waals surface area contributed by atoms with Gasteiger partial charge in [-0.1, -0.05) is 83.5 Å². The van der Waals surface area contributed by atoms with Crippen LogP contribution in [0.4, 0.5) is 0 Å². The maximum Gasteiger partial charge on any atom is 0.305 e. The molecule has 0 heterocycles. The number of esters is 1. The standard InChI is InChI=1S/C20H38O4/c1-23-20(22)17-15-13-11-9-7-5-3-2-4-6-8-10-12-14-16-18-24-19-21/h19H,2-18H2,1H3. The van der Waals surface area contributed by atoms with E-state index >= 15 is 0 Å². The predicted molar refractivity (Wildman–Crippen MR) is 97.9 cm³/mol. The average molecular weight is 343 g/mol. The van der Waals surface area contributed by atoms with Gasteiger partial charge in [-0.2, -0.15) is 0 Å². The number of methoxy groups -OCH3 is 1. The lowest BCUT2D eigenvalue weighted by Crippen LogP contribution is -1.99. The molecule has 0 bridgehead atoms. The Labute approximate surface area is 148 Å². The molecular formula is C20H38O4. The molecule has 0 saturated carbocycles. The van der Waals surface area contributed by atoms with E-state index in [4.69, 9.17) is 0 Å². The Morgan fingerprint density at radius 2 is 1.04 bits per heavy atom. The van der Waals surface area contributed by atoms with E-state index < -0.39 is 0 Å². The van der Waals surface area contributed by atoms with Gasteiger partial charge in [0.15, 0.2) is 0 Å². The molecule has 0 aliphatic rings. The van der Waals surface area contributed by atoms with Gasteiger partial charge in [0.05, 0.1) is 13.7 Å². The minimum atomic E-state index is -0.0816. The van der Waals surface area contributed by atoms with E-state index in [1.165, 1.54) is 84.2 Å². The van der Waals surface area contributed by atoms with Crippen LogP contribution in [0.3, 0.4) is 0 Å². The fraction of sp³-hybridized carbons (Fsp3) is 0.900. The van der Waals surface area contributed by atoms with Crippen molar-refractivity contribution < 1.29 is 19.1 Å². The third-order valence-corrected chi connectivity index (χ3v) is 4.44. The average Bonchev–Trinajstić information content (AvgIpc) is 2.60. The highest BCUT2D eigenvalue weighted by Crippen LogP contribution is 2.13. The highest BCUT2D eigenvalue weighted by atomic mass is 16.5. The van der Waals surface area contributed by atoms with Crippen molar-refractivity contribution >= 4 is 12.4 Å². The Bertz CT molecular complexity index is 279. The van der Waals surface area contributed by atoms with Gasteiger partial charge in [0.2, 0.25) is 0 Å². The number of unbranched alkanes of at least 4 members (excludes halogenated alkanes) is 14. The first-order chi connectivity index (χ1) is 11.8. The van der Waals surface area contributed by atoms with Crippen molar-refractivity contribution in [3.8, 4) is 0 Å². The molecular weight excluding hydrogens is 304 g/mol. The van der Waals surface area contributed by atoms with E-state index in [0.29, 0.717) is 19.5 Å². The van der Waals surface area contributed by atoms with E-state index in [9.17, 15) is 9.59 Å². The number of carbonyl (C=O) groups excluding carboxylic acids is 2. The summed E-state index contributed by atoms with van der Waals surface area (Å²) in [6.07, 6.45) is 19.5. The van der Waals surface area contributed by atoms with Crippen LogP contribution in [0.5, 0.6) is 0 Å². The van der Waals surface area contributed by atoms with Gasteiger partial charge in [0, 0.05) is 6.42 Å². The Morgan fingerprint density at radius 1 is 0.667 bits per heavy atom. The number of hydrogen-bond acceptors (Lipinski definition) is 4. The zero-order valence-corrected chi connectivity index (χ0v) is 15.7. The van der Waals surface area contributed by atoms with E-state index in [0.717, 1.165) is 19.3 Å². The van der Waals surface area contributed by atoms with E-state index in [1.807, 2.05) is 0 Å². The summed E-state index contributed by atoms with van der Waals surface area (Å²) >= 11 is 0. The molecule has 0 aromatic rings. The highest BCUT2D eigenvalue weighted by molar-refractivity contribution is 5.68. The summed E-state index contributed by atoms with van der Waals surface area (Å²) in [5.41, 5.74) is 0. The number of rotatable bonds is 19. The second-order valence-electron chi connectivity index (χ2n) is 6.60. The van der Waals surface area contributed by atoms with Crippen LogP contribution in [-0.2, 0) is 19.1 Å². The van der Waals surface area contributed by atoms with Gasteiger partial charge >= 0.3 is 5.97 Å². The second kappa shape index (κ2) is 20.0. The normalized spacial score (nSPS) is 10.5. The van der Waals surface area contributed by atoms with Crippen molar-refractivity contribution in [3.63, 3.8) is 0 Å². The molecule has 0 rings (SSSR count). The molecule has 0 amide bonds. The maximum atomic E-state index is 10.9. The smallest absolute Gasteiger partial charge is 0.305 e. The topological polar surface area (TPSA) is 52.6 Å². The minimum Gasteiger partial charge on any atom is -0.469 e. The van der Waals surface area contributed by atoms with Gasteiger partial charge in [-0.05, 0) is 12.8 Å². The molecule has 4 nitrogen and oxygen atoms in total. The van der Waals surface area contributed by atoms with Crippen LogP contribution in [0.1, 0.15) is 103 Å². The zero-order valence-electron chi connectivity index (χ0n) is 15.7. The Hall–Kier alpha value is -1.06. The van der Waals surface area contributed by atoms with Crippen LogP contribution >= 0.6 is 0 Å². The van der Waals surface area contributed by atoms with Crippen LogP contribution in [0.25, 0.3) is 0 Å². The van der Waals surface area contributed by atoms with Crippen LogP contribution in [0.15, 0.2) is 0 Å². The molecule has 0 unspecified atom stereocenters. The SMILES string of the molecule is COC(=O)CCCCCCCCCCCCCCCCCOC=O. The lowest BCUT2D eigenvalue weighted by molar-refractivity contribution is -0.140. The molecule has 0 radical (unpaired) electrons. The first-order valence-corrected chi connectivity index (χ1v) is 9.93. The minimum absolute atomic E-state index is 0.0816. The van der Waals surface area contributed by atoms with Crippen LogP contribution in [0, 0.1) is 0 Å². The number of ether oxygens (including phenoxy) is 2. The van der Waals surface area contributed by atoms with E-state index in [1.54, 1.807) is 0 Å². The van der Waals surface area contributed by atoms with Gasteiger partial charge in [-0.15, -0.1) is 0 Å². The summed E-state index contributed by atoms with van der Waals surface area (Å²) in [5, 5.41) is 0. The van der Waals surface area contributed by atoms with Crippen molar-refractivity contribution in [2.45, 2.75) is 103 Å². The Balaban J connectivity index is 3.00. The molecule has 4 heteroatoms. The molecule has 24 heavy (non-hydrogen) atoms. The first kappa shape index (κ1) is 22.9. The largest absolute Gasteiger partial charge is 0.469 e. The van der Waals surface area contributed by atoms with Crippen molar-refractivity contribution in [2.75, 3.05) is 13.7 Å². The van der Waals surface area contributed by atoms with Gasteiger partial charge in [0.25, 0.3) is 6.47 Å². The van der Waals surface area contributed by atoms with Crippen LogP contribution in [-0.4, -0.2) is 26.2 Å². The lowest BCUT2D eigenvalue weighted by atomic mass is 10.0. The number of carbonyl (C=O) groups is 2. The third kappa shape index (κ3) is 19.0. The lowest BCUT2D eigenvalue weighted by Gasteiger charge is -2.03. The molecule has 0 aliphatic heterocycles. The molecule has 0 N–H and O–H groups in total. The second-order valence-corrected chi connectivity index (χ2v) is 6.60. The summed E-state index contributed by atoms with van der Waals surface area (Å²) < 4.78 is 9.30. The van der Waals surface area contributed by atoms with Gasteiger partial charge in [0.1, 0.15) is 0 Å². The maximum absolute atomic E-state index is 10.9. The quantitative estimate of drug-likeness (QED) is 0.175.